The maximum absolute atomic E-state index is 10.2. The summed E-state index contributed by atoms with van der Waals surface area (Å²) in [4.78, 5) is 49.9. The van der Waals surface area contributed by atoms with Gasteiger partial charge in [-0.15, -0.1) is 0 Å². The van der Waals surface area contributed by atoms with Gasteiger partial charge in [-0.05, 0) is 6.42 Å². The standard InChI is InChI=1S/C5H10N2O3.C5H6O5/c2*6-3(5(9)10)1-2-4(7)8/h3H,1-2,6H2,(H2,7,8)(H,9,10);1-2H2,(H,7,8)(H,9,10)/t3-;/m0./s1. The van der Waals surface area contributed by atoms with Crippen molar-refractivity contribution in [3.8, 4) is 0 Å². The van der Waals surface area contributed by atoms with E-state index in [9.17, 15) is 24.0 Å². The molecule has 0 aromatic rings. The SMILES string of the molecule is NC(=O)CC[C@H](N)C(=O)O.O=C(O)CCC(=O)C(=O)O. The fourth-order valence-corrected chi connectivity index (χ4v) is 0.749. The van der Waals surface area contributed by atoms with E-state index in [1.807, 2.05) is 0 Å². The highest BCUT2D eigenvalue weighted by Crippen LogP contribution is 1.92. The normalized spacial score (nSPS) is 10.7. The number of nitrogens with two attached hydrogens (primary N) is 2. The number of carboxylic acids is 3. The number of carbonyl (C=O) groups excluding carboxylic acids is 2. The first kappa shape index (κ1) is 19.8. The van der Waals surface area contributed by atoms with Crippen molar-refractivity contribution >= 4 is 29.6 Å². The molecule has 0 saturated carbocycles. The number of hydrogen-bond donors (Lipinski definition) is 5. The topological polar surface area (TPSA) is 198 Å². The smallest absolute Gasteiger partial charge is 0.372 e. The Balaban J connectivity index is 0. The molecule has 0 heterocycles. The van der Waals surface area contributed by atoms with Crippen molar-refractivity contribution in [2.75, 3.05) is 0 Å². The molecule has 0 rings (SSSR count). The van der Waals surface area contributed by atoms with Gasteiger partial charge >= 0.3 is 17.9 Å². The molecule has 0 aliphatic carbocycles. The van der Waals surface area contributed by atoms with Crippen molar-refractivity contribution < 1.29 is 39.3 Å². The Morgan fingerprint density at radius 1 is 0.900 bits per heavy atom. The van der Waals surface area contributed by atoms with Crippen LogP contribution in [-0.2, 0) is 24.0 Å². The van der Waals surface area contributed by atoms with Crippen LogP contribution in [0.3, 0.4) is 0 Å². The first-order valence-electron chi connectivity index (χ1n) is 5.32. The van der Waals surface area contributed by atoms with Gasteiger partial charge in [-0.25, -0.2) is 4.79 Å². The molecule has 7 N–H and O–H groups in total. The second-order valence-corrected chi connectivity index (χ2v) is 3.57. The Labute approximate surface area is 113 Å². The van der Waals surface area contributed by atoms with E-state index in [0.717, 1.165) is 0 Å². The number of primary amides is 1. The number of hydrogen-bond acceptors (Lipinski definition) is 6. The molecule has 0 aromatic carbocycles. The zero-order chi connectivity index (χ0) is 16.3. The van der Waals surface area contributed by atoms with Gasteiger partial charge in [0.2, 0.25) is 11.7 Å². The summed E-state index contributed by atoms with van der Waals surface area (Å²) >= 11 is 0. The Bertz CT molecular complexity index is 393. The lowest BCUT2D eigenvalue weighted by Gasteiger charge is -2.01. The zero-order valence-electron chi connectivity index (χ0n) is 10.4. The maximum Gasteiger partial charge on any atom is 0.372 e. The minimum Gasteiger partial charge on any atom is -0.481 e. The van der Waals surface area contributed by atoms with Crippen LogP contribution in [0.15, 0.2) is 0 Å². The van der Waals surface area contributed by atoms with Crippen molar-refractivity contribution in [1.82, 2.24) is 0 Å². The highest BCUT2D eigenvalue weighted by Gasteiger charge is 2.12. The molecule has 20 heavy (non-hydrogen) atoms. The number of carboxylic acid groups (broad SMARTS) is 3. The Hall–Kier alpha value is -2.49. The van der Waals surface area contributed by atoms with Gasteiger partial charge in [0.1, 0.15) is 6.04 Å². The lowest BCUT2D eigenvalue weighted by molar-refractivity contribution is -0.149. The van der Waals surface area contributed by atoms with E-state index in [2.05, 4.69) is 0 Å². The molecule has 1 amide bonds. The second kappa shape index (κ2) is 10.4. The van der Waals surface area contributed by atoms with E-state index in [0.29, 0.717) is 0 Å². The summed E-state index contributed by atoms with van der Waals surface area (Å²) in [5, 5.41) is 24.2. The average Bonchev–Trinajstić information content (AvgIpc) is 2.33. The van der Waals surface area contributed by atoms with E-state index < -0.39 is 48.5 Å². The van der Waals surface area contributed by atoms with Crippen molar-refractivity contribution in [1.29, 1.82) is 0 Å². The molecule has 0 fully saturated rings. The summed E-state index contributed by atoms with van der Waals surface area (Å²) in [7, 11) is 0. The molecule has 0 aliphatic heterocycles. The molecule has 0 spiro atoms. The molecule has 10 heteroatoms. The van der Waals surface area contributed by atoms with Crippen LogP contribution in [0.25, 0.3) is 0 Å². The maximum atomic E-state index is 10.2. The fourth-order valence-electron chi connectivity index (χ4n) is 0.749. The molecular weight excluding hydrogens is 276 g/mol. The third-order valence-corrected chi connectivity index (χ3v) is 1.82. The highest BCUT2D eigenvalue weighted by molar-refractivity contribution is 6.32. The first-order valence-corrected chi connectivity index (χ1v) is 5.32. The van der Waals surface area contributed by atoms with Crippen molar-refractivity contribution in [3.05, 3.63) is 0 Å². The van der Waals surface area contributed by atoms with E-state index in [-0.39, 0.29) is 12.8 Å². The monoisotopic (exact) mass is 292 g/mol. The van der Waals surface area contributed by atoms with Gasteiger partial charge in [0, 0.05) is 12.8 Å². The molecular formula is C10H16N2O8. The highest BCUT2D eigenvalue weighted by atomic mass is 16.4. The summed E-state index contributed by atoms with van der Waals surface area (Å²) in [5.41, 5.74) is 9.81. The zero-order valence-corrected chi connectivity index (χ0v) is 10.4. The van der Waals surface area contributed by atoms with Gasteiger partial charge in [0.25, 0.3) is 0 Å². The summed E-state index contributed by atoms with van der Waals surface area (Å²) in [6.45, 7) is 0. The van der Waals surface area contributed by atoms with Gasteiger partial charge in [-0.1, -0.05) is 0 Å². The Morgan fingerprint density at radius 3 is 1.70 bits per heavy atom. The van der Waals surface area contributed by atoms with Gasteiger partial charge in [-0.3, -0.25) is 19.2 Å². The van der Waals surface area contributed by atoms with Crippen LogP contribution in [0, 0.1) is 0 Å². The summed E-state index contributed by atoms with van der Waals surface area (Å²) in [6.07, 6.45) is -0.742. The number of rotatable bonds is 8. The Morgan fingerprint density at radius 2 is 1.40 bits per heavy atom. The predicted molar refractivity (Wildman–Crippen MR) is 63.6 cm³/mol. The summed E-state index contributed by atoms with van der Waals surface area (Å²) in [6, 6.07) is -0.979. The quantitative estimate of drug-likeness (QED) is 0.319. The number of aliphatic carboxylic acids is 3. The van der Waals surface area contributed by atoms with E-state index in [4.69, 9.17) is 26.8 Å². The first-order chi connectivity index (χ1) is 9.07. The molecule has 0 aliphatic rings. The summed E-state index contributed by atoms with van der Waals surface area (Å²) < 4.78 is 0. The third-order valence-electron chi connectivity index (χ3n) is 1.82. The van der Waals surface area contributed by atoms with Gasteiger partial charge in [0.15, 0.2) is 0 Å². The van der Waals surface area contributed by atoms with Crippen LogP contribution in [0.5, 0.6) is 0 Å². The van der Waals surface area contributed by atoms with Gasteiger partial charge in [0.05, 0.1) is 6.42 Å². The largest absolute Gasteiger partial charge is 0.481 e. The van der Waals surface area contributed by atoms with Crippen LogP contribution in [-0.4, -0.2) is 51.0 Å². The van der Waals surface area contributed by atoms with E-state index >= 15 is 0 Å². The average molecular weight is 292 g/mol. The molecule has 0 aromatic heterocycles. The third kappa shape index (κ3) is 13.6. The molecule has 0 saturated heterocycles. The lowest BCUT2D eigenvalue weighted by atomic mass is 10.2. The van der Waals surface area contributed by atoms with Crippen LogP contribution < -0.4 is 11.5 Å². The minimum absolute atomic E-state index is 0.0213. The van der Waals surface area contributed by atoms with Gasteiger partial charge < -0.3 is 26.8 Å². The number of ketones is 1. The summed E-state index contributed by atoms with van der Waals surface area (Å²) in [5.74, 6) is -5.46. The van der Waals surface area contributed by atoms with E-state index in [1.165, 1.54) is 0 Å². The molecule has 0 bridgehead atoms. The molecule has 0 radical (unpaired) electrons. The second-order valence-electron chi connectivity index (χ2n) is 3.57. The van der Waals surface area contributed by atoms with Crippen molar-refractivity contribution in [2.45, 2.75) is 31.7 Å². The van der Waals surface area contributed by atoms with Crippen LogP contribution in [0.4, 0.5) is 0 Å². The van der Waals surface area contributed by atoms with Crippen LogP contribution in [0.2, 0.25) is 0 Å². The number of amides is 1. The fraction of sp³-hybridized carbons (Fsp3) is 0.500. The van der Waals surface area contributed by atoms with Gasteiger partial charge in [-0.2, -0.15) is 0 Å². The molecule has 1 atom stereocenters. The van der Waals surface area contributed by atoms with E-state index in [1.54, 1.807) is 0 Å². The molecule has 0 unspecified atom stereocenters. The molecule has 114 valence electrons. The Kier molecular flexibility index (Phi) is 10.4. The minimum atomic E-state index is -1.58. The van der Waals surface area contributed by atoms with Crippen molar-refractivity contribution in [3.63, 3.8) is 0 Å². The molecule has 10 nitrogen and oxygen atoms in total. The number of carbonyl (C=O) groups is 5. The van der Waals surface area contributed by atoms with Crippen LogP contribution in [0.1, 0.15) is 25.7 Å². The lowest BCUT2D eigenvalue weighted by Crippen LogP contribution is -2.31. The number of Topliss-reactive ketones (excluding diaryl/α,β-unsaturated/α-hetero) is 1. The van der Waals surface area contributed by atoms with Crippen molar-refractivity contribution in [2.24, 2.45) is 11.5 Å². The van der Waals surface area contributed by atoms with Crippen LogP contribution >= 0.6 is 0 Å². The predicted octanol–water partition coefficient (Wildman–Crippen LogP) is -1.83.